The van der Waals surface area contributed by atoms with E-state index in [0.29, 0.717) is 17.1 Å². The van der Waals surface area contributed by atoms with Crippen LogP contribution in [0.15, 0.2) is 93.3 Å². The van der Waals surface area contributed by atoms with Crippen LogP contribution in [-0.2, 0) is 6.42 Å². The lowest BCUT2D eigenvalue weighted by Crippen LogP contribution is -1.84. The molecule has 0 unspecified atom stereocenters. The summed E-state index contributed by atoms with van der Waals surface area (Å²) in [7, 11) is 0. The Kier molecular flexibility index (Phi) is 15.2. The zero-order valence-corrected chi connectivity index (χ0v) is 24.7. The lowest BCUT2D eigenvalue weighted by Gasteiger charge is -2.01. The van der Waals surface area contributed by atoms with Crippen molar-refractivity contribution in [3.8, 4) is 101 Å². The highest BCUT2D eigenvalue weighted by Crippen LogP contribution is 2.24. The summed E-state index contributed by atoms with van der Waals surface area (Å²) in [6.07, 6.45) is 13.6. The van der Waals surface area contributed by atoms with Gasteiger partial charge >= 0.3 is 0 Å². The Balaban J connectivity index is -0.000000287. The highest BCUT2D eigenvalue weighted by atomic mass is 16.5. The second-order valence-corrected chi connectivity index (χ2v) is 8.86. The molecule has 0 fully saturated rings. The van der Waals surface area contributed by atoms with E-state index in [0.717, 1.165) is 17.8 Å². The molecule has 0 aliphatic rings. The van der Waals surface area contributed by atoms with E-state index in [2.05, 4.69) is 129 Å². The molecule has 3 rings (SSSR count). The first-order valence-corrected chi connectivity index (χ1v) is 14.0. The predicted octanol–water partition coefficient (Wildman–Crippen LogP) is 11.3. The van der Waals surface area contributed by atoms with Crippen molar-refractivity contribution in [2.45, 2.75) is 39.0 Å². The third kappa shape index (κ3) is 14.6. The Hall–Kier alpha value is -6.86. The standard InChI is InChI=1S/C40H26N4O.11H2/c1-3-5-7-9-10-11-12-13-14-15-16-17-18-20-34-45-40-32-30-39(31-33-40)44-43-38-28-26-37(27-29-38)42-41-36-24-22-35(23-25-36)21-19-8-6-4-2;;;;;;;;;;;/h1,22-33H,4,6,8,19,21H2,2H3;11*1H. The second kappa shape index (κ2) is 20.9. The number of terminal acetylenes is 1. The molecule has 0 N–H and O–H groups in total. The van der Waals surface area contributed by atoms with E-state index in [1.54, 1.807) is 24.3 Å². The van der Waals surface area contributed by atoms with Gasteiger partial charge < -0.3 is 4.74 Å². The lowest BCUT2D eigenvalue weighted by molar-refractivity contribution is 0.520. The van der Waals surface area contributed by atoms with Gasteiger partial charge in [0.2, 0.25) is 0 Å². The fourth-order valence-corrected chi connectivity index (χ4v) is 3.37. The van der Waals surface area contributed by atoms with Crippen molar-refractivity contribution in [1.29, 1.82) is 0 Å². The largest absolute Gasteiger partial charge is 0.407 e. The summed E-state index contributed by atoms with van der Waals surface area (Å²) in [5.41, 5.74) is 4.26. The number of benzene rings is 3. The third-order valence-electron chi connectivity index (χ3n) is 5.55. The smallest absolute Gasteiger partial charge is 0.140 e. The first kappa shape index (κ1) is 32.7. The van der Waals surface area contributed by atoms with Crippen molar-refractivity contribution in [1.82, 2.24) is 0 Å². The van der Waals surface area contributed by atoms with Crippen LogP contribution >= 0.6 is 0 Å². The molecule has 0 amide bonds. The average molecular weight is 601 g/mol. The molecule has 0 heterocycles. The molecule has 0 bridgehead atoms. The summed E-state index contributed by atoms with van der Waals surface area (Å²) in [5.74, 6) is 35.2. The number of nitrogens with zero attached hydrogens (tertiary/aromatic N) is 4. The zero-order valence-electron chi connectivity index (χ0n) is 24.7. The van der Waals surface area contributed by atoms with Gasteiger partial charge in [0.15, 0.2) is 0 Å². The summed E-state index contributed by atoms with van der Waals surface area (Å²) in [5, 5.41) is 17.2. The van der Waals surface area contributed by atoms with Crippen LogP contribution in [0.25, 0.3) is 0 Å². The van der Waals surface area contributed by atoms with Crippen LogP contribution in [0, 0.1) is 95.4 Å². The Morgan fingerprint density at radius 3 is 1.36 bits per heavy atom. The Labute approximate surface area is 282 Å². The fourth-order valence-electron chi connectivity index (χ4n) is 3.37. The molecule has 5 heteroatoms. The maximum atomic E-state index is 5.35. The average Bonchev–Trinajstić information content (AvgIpc) is 3.08. The molecule has 0 radical (unpaired) electrons. The normalized spacial score (nSPS) is 8.89. The molecule has 0 aliphatic carbocycles. The first-order chi connectivity index (χ1) is 22.3. The van der Waals surface area contributed by atoms with Crippen LogP contribution in [-0.4, -0.2) is 0 Å². The lowest BCUT2D eigenvalue weighted by atomic mass is 10.1. The van der Waals surface area contributed by atoms with Crippen LogP contribution in [0.2, 0.25) is 0 Å². The number of rotatable bonds is 10. The van der Waals surface area contributed by atoms with Crippen LogP contribution in [0.4, 0.5) is 22.7 Å². The molecule has 0 spiro atoms. The van der Waals surface area contributed by atoms with E-state index in [1.807, 2.05) is 36.4 Å². The monoisotopic (exact) mass is 600 g/mol. The number of hydrogen-bond donors (Lipinski definition) is 0. The van der Waals surface area contributed by atoms with Crippen molar-refractivity contribution in [3.63, 3.8) is 0 Å². The summed E-state index contributed by atoms with van der Waals surface area (Å²) in [6, 6.07) is 22.7. The minimum absolute atomic E-state index is 0. The zero-order chi connectivity index (χ0) is 31.6. The molecule has 0 atom stereocenters. The van der Waals surface area contributed by atoms with Crippen LogP contribution in [0.1, 0.15) is 53.9 Å². The Bertz CT molecular complexity index is 2020. The maximum absolute atomic E-state index is 5.35. The van der Waals surface area contributed by atoms with Gasteiger partial charge in [-0.3, -0.25) is 0 Å². The minimum Gasteiger partial charge on any atom is -0.407 e. The van der Waals surface area contributed by atoms with Gasteiger partial charge in [-0.15, -0.1) is 6.42 Å². The molecule has 5 nitrogen and oxygen atoms in total. The van der Waals surface area contributed by atoms with Crippen molar-refractivity contribution in [2.75, 3.05) is 0 Å². The third-order valence-corrected chi connectivity index (χ3v) is 5.55. The Morgan fingerprint density at radius 1 is 0.511 bits per heavy atom. The highest BCUT2D eigenvalue weighted by molar-refractivity contribution is 5.49. The van der Waals surface area contributed by atoms with Gasteiger partial charge in [0.1, 0.15) is 11.9 Å². The highest BCUT2D eigenvalue weighted by Gasteiger charge is 1.97. The second-order valence-electron chi connectivity index (χ2n) is 8.86. The van der Waals surface area contributed by atoms with Gasteiger partial charge in [-0.05, 0) is 121 Å². The molecule has 3 aromatic rings. The summed E-state index contributed by atoms with van der Waals surface area (Å²) >= 11 is 0. The Morgan fingerprint density at radius 2 is 0.911 bits per heavy atom. The van der Waals surface area contributed by atoms with Gasteiger partial charge in [-0.25, -0.2) is 0 Å². The van der Waals surface area contributed by atoms with Crippen LogP contribution < -0.4 is 4.74 Å². The quantitative estimate of drug-likeness (QED) is 0.130. The predicted molar refractivity (Wildman–Crippen MR) is 203 cm³/mol. The minimum atomic E-state index is 0. The van der Waals surface area contributed by atoms with Crippen LogP contribution in [0.3, 0.4) is 0 Å². The molecular weight excluding hydrogens is 552 g/mol. The van der Waals surface area contributed by atoms with E-state index in [9.17, 15) is 0 Å². The number of hydrogen-bond acceptors (Lipinski definition) is 5. The van der Waals surface area contributed by atoms with Gasteiger partial charge in [0.25, 0.3) is 0 Å². The maximum Gasteiger partial charge on any atom is 0.140 e. The molecule has 0 aromatic heterocycles. The summed E-state index contributed by atoms with van der Waals surface area (Å²) in [6.45, 7) is 2.23. The van der Waals surface area contributed by atoms with E-state index in [-0.39, 0.29) is 15.7 Å². The van der Waals surface area contributed by atoms with Gasteiger partial charge in [0, 0.05) is 57.1 Å². The van der Waals surface area contributed by atoms with E-state index in [1.165, 1.54) is 31.2 Å². The first-order valence-electron chi connectivity index (χ1n) is 14.0. The van der Waals surface area contributed by atoms with Crippen molar-refractivity contribution < 1.29 is 20.4 Å². The number of ether oxygens (including phenoxy) is 1. The van der Waals surface area contributed by atoms with Crippen molar-refractivity contribution in [3.05, 3.63) is 78.4 Å². The topological polar surface area (TPSA) is 58.7 Å². The molecule has 45 heavy (non-hydrogen) atoms. The summed E-state index contributed by atoms with van der Waals surface area (Å²) in [4.78, 5) is 0. The van der Waals surface area contributed by atoms with E-state index in [4.69, 9.17) is 11.2 Å². The van der Waals surface area contributed by atoms with Gasteiger partial charge in [-0.1, -0.05) is 38.3 Å². The molecular formula is C40H48N4O. The van der Waals surface area contributed by atoms with Crippen molar-refractivity contribution in [2.24, 2.45) is 20.5 Å². The molecule has 234 valence electrons. The number of unbranched alkanes of at least 4 members (excludes halogenated alkanes) is 3. The van der Waals surface area contributed by atoms with Crippen LogP contribution in [0.5, 0.6) is 5.75 Å². The van der Waals surface area contributed by atoms with Gasteiger partial charge in [-0.2, -0.15) is 20.5 Å². The van der Waals surface area contributed by atoms with E-state index >= 15 is 0 Å². The number of azo groups is 2. The fraction of sp³-hybridized carbons (Fsp3) is 0.150. The summed E-state index contributed by atoms with van der Waals surface area (Å²) < 4.78 is 5.35. The van der Waals surface area contributed by atoms with E-state index < -0.39 is 0 Å². The molecule has 0 aliphatic heterocycles. The molecule has 0 saturated carbocycles. The van der Waals surface area contributed by atoms with Crippen molar-refractivity contribution >= 4 is 22.7 Å². The van der Waals surface area contributed by atoms with Gasteiger partial charge in [0.05, 0.1) is 22.7 Å². The molecule has 0 saturated heterocycles. The molecule has 3 aromatic carbocycles. The SMILES string of the molecule is C#CC#CC#CC#CC#CC#CC#CC#COc1ccc(N=Nc2ccc(N=Nc3ccc(CCCCCC)cc3)cc2)cc1.[HH].[HH].[HH].[HH].[HH].[HH].[HH].[HH].[HH].[HH].[HH]. The number of aryl methyl sites for hydroxylation is 1.